The molecule has 1 atom stereocenters. The molecule has 1 saturated heterocycles. The maximum absolute atomic E-state index is 13.7. The smallest absolute Gasteiger partial charge is 0.351 e. The molecule has 168 valence electrons. The van der Waals surface area contributed by atoms with Gasteiger partial charge in [0.2, 0.25) is 0 Å². The van der Waals surface area contributed by atoms with E-state index in [1.807, 2.05) is 6.07 Å². The molecule has 0 amide bonds. The van der Waals surface area contributed by atoms with Gasteiger partial charge in [-0.3, -0.25) is 0 Å². The number of fused-ring (bicyclic) bond motifs is 1. The van der Waals surface area contributed by atoms with Crippen molar-refractivity contribution < 1.29 is 0 Å². The Morgan fingerprint density at radius 2 is 1.88 bits per heavy atom. The highest BCUT2D eigenvalue weighted by Gasteiger charge is 2.31. The summed E-state index contributed by atoms with van der Waals surface area (Å²) in [5, 5.41) is 4.94. The zero-order valence-electron chi connectivity index (χ0n) is 19.0. The third kappa shape index (κ3) is 3.59. The van der Waals surface area contributed by atoms with E-state index < -0.39 is 0 Å². The quantitative estimate of drug-likeness (QED) is 0.628. The van der Waals surface area contributed by atoms with Crippen LogP contribution in [0, 0.1) is 0 Å². The van der Waals surface area contributed by atoms with E-state index in [2.05, 4.69) is 54.2 Å². The molecular formula is C25H30ClN5O. The number of rotatable bonds is 5. The van der Waals surface area contributed by atoms with E-state index in [1.165, 1.54) is 0 Å². The largest absolute Gasteiger partial charge is 0.355 e. The summed E-state index contributed by atoms with van der Waals surface area (Å²) >= 11 is 6.73. The number of pyridine rings is 1. The fourth-order valence-electron chi connectivity index (χ4n) is 4.84. The van der Waals surface area contributed by atoms with Crippen molar-refractivity contribution in [3.05, 3.63) is 56.6 Å². The second-order valence-electron chi connectivity index (χ2n) is 8.93. The van der Waals surface area contributed by atoms with Crippen molar-refractivity contribution in [2.45, 2.75) is 58.4 Å². The van der Waals surface area contributed by atoms with Crippen LogP contribution in [0.4, 0.5) is 5.82 Å². The van der Waals surface area contributed by atoms with Crippen LogP contribution in [0.1, 0.15) is 56.4 Å². The van der Waals surface area contributed by atoms with Crippen molar-refractivity contribution >= 4 is 28.5 Å². The van der Waals surface area contributed by atoms with Crippen LogP contribution in [0.3, 0.4) is 0 Å². The van der Waals surface area contributed by atoms with Crippen LogP contribution in [0.25, 0.3) is 16.7 Å². The molecular weight excluding hydrogens is 422 g/mol. The molecule has 1 unspecified atom stereocenters. The number of hydrogen-bond acceptors (Lipinski definition) is 5. The summed E-state index contributed by atoms with van der Waals surface area (Å²) in [6, 6.07) is 8.47. The third-order valence-electron chi connectivity index (χ3n) is 6.75. The average Bonchev–Trinajstić information content (AvgIpc) is 3.64. The lowest BCUT2D eigenvalue weighted by Crippen LogP contribution is -2.50. The summed E-state index contributed by atoms with van der Waals surface area (Å²) in [4.78, 5) is 25.6. The van der Waals surface area contributed by atoms with Crippen LogP contribution in [-0.4, -0.2) is 40.2 Å². The number of nitrogens with one attached hydrogen (secondary N) is 1. The molecule has 0 bridgehead atoms. The molecule has 0 spiro atoms. The van der Waals surface area contributed by atoms with Crippen LogP contribution in [-0.2, 0) is 12.8 Å². The summed E-state index contributed by atoms with van der Waals surface area (Å²) in [5.41, 5.74) is 4.49. The lowest BCUT2D eigenvalue weighted by molar-refractivity contribution is 0.497. The zero-order chi connectivity index (χ0) is 22.4. The lowest BCUT2D eigenvalue weighted by Gasteiger charge is -2.35. The third-order valence-corrected chi connectivity index (χ3v) is 7.06. The SMILES string of the molecule is CCc1cccc(CC)c1-n1c(=O)nc(N2CCNCC2C)c2cc(Cl)c(C3CC3)nc21. The molecule has 1 aliphatic carbocycles. The first-order valence-corrected chi connectivity index (χ1v) is 12.1. The number of aryl methyl sites for hydroxylation is 2. The van der Waals surface area contributed by atoms with Crippen molar-refractivity contribution in [3.63, 3.8) is 0 Å². The molecule has 0 radical (unpaired) electrons. The van der Waals surface area contributed by atoms with Gasteiger partial charge in [0.25, 0.3) is 0 Å². The van der Waals surface area contributed by atoms with Crippen molar-refractivity contribution in [1.29, 1.82) is 0 Å². The van der Waals surface area contributed by atoms with Crippen LogP contribution in [0.5, 0.6) is 0 Å². The minimum Gasteiger partial charge on any atom is -0.351 e. The van der Waals surface area contributed by atoms with Crippen LogP contribution in [0.2, 0.25) is 5.02 Å². The monoisotopic (exact) mass is 451 g/mol. The molecule has 5 rings (SSSR count). The van der Waals surface area contributed by atoms with Crippen LogP contribution in [0.15, 0.2) is 29.1 Å². The number of hydrogen-bond donors (Lipinski definition) is 1. The Hall–Kier alpha value is -2.44. The minimum absolute atomic E-state index is 0.228. The molecule has 2 aromatic heterocycles. The first kappa shape index (κ1) is 21.4. The van der Waals surface area contributed by atoms with E-state index in [9.17, 15) is 4.79 Å². The molecule has 6 nitrogen and oxygen atoms in total. The minimum atomic E-state index is -0.273. The number of halogens is 1. The van der Waals surface area contributed by atoms with E-state index in [0.717, 1.165) is 73.2 Å². The van der Waals surface area contributed by atoms with Gasteiger partial charge in [0.05, 0.1) is 21.8 Å². The number of para-hydroxylation sites is 1. The Morgan fingerprint density at radius 3 is 2.50 bits per heavy atom. The van der Waals surface area contributed by atoms with Gasteiger partial charge in [0.1, 0.15) is 5.82 Å². The van der Waals surface area contributed by atoms with Crippen molar-refractivity contribution in [3.8, 4) is 5.69 Å². The molecule has 3 heterocycles. The van der Waals surface area contributed by atoms with E-state index >= 15 is 0 Å². The van der Waals surface area contributed by atoms with Crippen molar-refractivity contribution in [1.82, 2.24) is 19.9 Å². The molecule has 7 heteroatoms. The summed E-state index contributed by atoms with van der Waals surface area (Å²) in [6.07, 6.45) is 3.86. The topological polar surface area (TPSA) is 63.1 Å². The number of anilines is 1. The summed E-state index contributed by atoms with van der Waals surface area (Å²) in [6.45, 7) is 8.90. The first-order valence-electron chi connectivity index (χ1n) is 11.7. The average molecular weight is 452 g/mol. The maximum Gasteiger partial charge on any atom is 0.355 e. The second kappa shape index (κ2) is 8.49. The van der Waals surface area contributed by atoms with Crippen molar-refractivity contribution in [2.24, 2.45) is 0 Å². The number of piperazine rings is 1. The second-order valence-corrected chi connectivity index (χ2v) is 9.34. The number of aromatic nitrogens is 3. The van der Waals surface area contributed by atoms with E-state index in [4.69, 9.17) is 16.6 Å². The van der Waals surface area contributed by atoms with Crippen LogP contribution < -0.4 is 15.9 Å². The number of benzene rings is 1. The lowest BCUT2D eigenvalue weighted by atomic mass is 10.0. The predicted molar refractivity (Wildman–Crippen MR) is 131 cm³/mol. The normalized spacial score (nSPS) is 19.0. The van der Waals surface area contributed by atoms with Crippen LogP contribution >= 0.6 is 11.6 Å². The van der Waals surface area contributed by atoms with Gasteiger partial charge < -0.3 is 10.2 Å². The van der Waals surface area contributed by atoms with E-state index in [1.54, 1.807) is 4.57 Å². The Labute approximate surface area is 193 Å². The van der Waals surface area contributed by atoms with Gasteiger partial charge in [-0.05, 0) is 49.8 Å². The fourth-order valence-corrected chi connectivity index (χ4v) is 5.15. The van der Waals surface area contributed by atoms with Gasteiger partial charge in [-0.1, -0.05) is 43.6 Å². The highest BCUT2D eigenvalue weighted by molar-refractivity contribution is 6.32. The summed E-state index contributed by atoms with van der Waals surface area (Å²) in [5.74, 6) is 1.08. The molecule has 1 aliphatic heterocycles. The molecule has 32 heavy (non-hydrogen) atoms. The van der Waals surface area contributed by atoms with E-state index in [0.29, 0.717) is 22.4 Å². The molecule has 3 aromatic rings. The van der Waals surface area contributed by atoms with E-state index in [-0.39, 0.29) is 11.7 Å². The maximum atomic E-state index is 13.7. The van der Waals surface area contributed by atoms with Gasteiger partial charge >= 0.3 is 5.69 Å². The van der Waals surface area contributed by atoms with Gasteiger partial charge in [-0.15, -0.1) is 0 Å². The Balaban J connectivity index is 1.86. The van der Waals surface area contributed by atoms with Gasteiger partial charge in [0, 0.05) is 31.6 Å². The summed E-state index contributed by atoms with van der Waals surface area (Å²) in [7, 11) is 0. The zero-order valence-corrected chi connectivity index (χ0v) is 19.7. The predicted octanol–water partition coefficient (Wildman–Crippen LogP) is 4.23. The Morgan fingerprint density at radius 1 is 1.16 bits per heavy atom. The van der Waals surface area contributed by atoms with Gasteiger partial charge in [-0.25, -0.2) is 14.3 Å². The molecule has 2 aliphatic rings. The molecule has 1 aromatic carbocycles. The molecule has 1 N–H and O–H groups in total. The van der Waals surface area contributed by atoms with Crippen molar-refractivity contribution in [2.75, 3.05) is 24.5 Å². The Kier molecular flexibility index (Phi) is 5.68. The van der Waals surface area contributed by atoms with Gasteiger partial charge in [-0.2, -0.15) is 4.98 Å². The fraction of sp³-hybridized carbons (Fsp3) is 0.480. The standard InChI is InChI=1S/C25H30ClN5O/c1-4-16-7-6-8-17(5-2)22(16)31-24-19(13-20(26)21(28-24)18-9-10-18)23(29-25(31)32)30-12-11-27-14-15(30)3/h6-8,13,15,18,27H,4-5,9-12,14H2,1-3H3. The summed E-state index contributed by atoms with van der Waals surface area (Å²) < 4.78 is 1.74. The van der Waals surface area contributed by atoms with Gasteiger partial charge in [0.15, 0.2) is 5.65 Å². The first-order chi connectivity index (χ1) is 15.5. The molecule has 2 fully saturated rings. The Bertz CT molecular complexity index is 1210. The highest BCUT2D eigenvalue weighted by Crippen LogP contribution is 2.43. The molecule has 1 saturated carbocycles. The number of nitrogens with zero attached hydrogens (tertiary/aromatic N) is 4. The highest BCUT2D eigenvalue weighted by atomic mass is 35.5.